The molecule has 2 aromatic rings. The molecule has 0 amide bonds. The maximum absolute atomic E-state index is 4.22. The molecule has 0 spiro atoms. The Morgan fingerprint density at radius 1 is 1.32 bits per heavy atom. The number of nitrogens with one attached hydrogen (secondary N) is 2. The van der Waals surface area contributed by atoms with Gasteiger partial charge in [-0.15, -0.1) is 0 Å². The molecule has 1 aromatic carbocycles. The molecule has 1 aliphatic heterocycles. The summed E-state index contributed by atoms with van der Waals surface area (Å²) in [5.41, 5.74) is 3.63. The fourth-order valence-corrected chi connectivity index (χ4v) is 2.68. The minimum atomic E-state index is 0.570. The summed E-state index contributed by atoms with van der Waals surface area (Å²) in [4.78, 5) is 2.48. The highest BCUT2D eigenvalue weighted by atomic mass is 15.2. The number of benzene rings is 1. The van der Waals surface area contributed by atoms with Crippen molar-refractivity contribution in [3.8, 4) is 11.3 Å². The van der Waals surface area contributed by atoms with Crippen LogP contribution in [0.25, 0.3) is 11.3 Å². The Morgan fingerprint density at radius 3 is 2.95 bits per heavy atom. The zero-order valence-electron chi connectivity index (χ0n) is 11.3. The molecule has 4 heteroatoms. The predicted molar refractivity (Wildman–Crippen MR) is 76.8 cm³/mol. The lowest BCUT2D eigenvalue weighted by atomic mass is 10.1. The zero-order chi connectivity index (χ0) is 13.1. The van der Waals surface area contributed by atoms with E-state index in [-0.39, 0.29) is 0 Å². The number of piperazine rings is 1. The van der Waals surface area contributed by atoms with Crippen LogP contribution in [0.2, 0.25) is 0 Å². The third-order valence-corrected chi connectivity index (χ3v) is 3.63. The van der Waals surface area contributed by atoms with Crippen molar-refractivity contribution in [3.05, 3.63) is 42.1 Å². The highest BCUT2D eigenvalue weighted by Crippen LogP contribution is 2.22. The van der Waals surface area contributed by atoms with Gasteiger partial charge in [-0.2, -0.15) is 5.10 Å². The van der Waals surface area contributed by atoms with E-state index in [1.165, 1.54) is 11.1 Å². The van der Waals surface area contributed by atoms with Crippen LogP contribution in [0.15, 0.2) is 36.5 Å². The summed E-state index contributed by atoms with van der Waals surface area (Å²) in [6, 6.07) is 11.0. The molecule has 1 saturated heterocycles. The molecule has 1 fully saturated rings. The highest BCUT2D eigenvalue weighted by molar-refractivity contribution is 5.62. The van der Waals surface area contributed by atoms with Gasteiger partial charge >= 0.3 is 0 Å². The first-order valence-corrected chi connectivity index (χ1v) is 6.86. The van der Waals surface area contributed by atoms with Gasteiger partial charge in [-0.25, -0.2) is 0 Å². The van der Waals surface area contributed by atoms with E-state index in [9.17, 15) is 0 Å². The van der Waals surface area contributed by atoms with E-state index >= 15 is 0 Å². The lowest BCUT2D eigenvalue weighted by molar-refractivity contribution is 0.200. The normalized spacial score (nSPS) is 20.6. The zero-order valence-corrected chi connectivity index (χ0v) is 11.3. The molecule has 0 aliphatic carbocycles. The molecule has 1 atom stereocenters. The van der Waals surface area contributed by atoms with Gasteiger partial charge in [0.15, 0.2) is 0 Å². The average molecular weight is 256 g/mol. The van der Waals surface area contributed by atoms with E-state index < -0.39 is 0 Å². The van der Waals surface area contributed by atoms with E-state index in [4.69, 9.17) is 0 Å². The van der Waals surface area contributed by atoms with Crippen LogP contribution in [0.4, 0.5) is 0 Å². The quantitative estimate of drug-likeness (QED) is 0.881. The maximum atomic E-state index is 4.22. The first-order chi connectivity index (χ1) is 9.33. The van der Waals surface area contributed by atoms with Gasteiger partial charge in [0.05, 0.1) is 11.9 Å². The Labute approximate surface area is 113 Å². The van der Waals surface area contributed by atoms with Crippen molar-refractivity contribution in [1.29, 1.82) is 0 Å². The second-order valence-electron chi connectivity index (χ2n) is 5.23. The largest absolute Gasteiger partial charge is 0.312 e. The van der Waals surface area contributed by atoms with Crippen LogP contribution in [0.3, 0.4) is 0 Å². The number of nitrogens with zero attached hydrogens (tertiary/aromatic N) is 2. The summed E-state index contributed by atoms with van der Waals surface area (Å²) in [6.45, 7) is 6.47. The van der Waals surface area contributed by atoms with Gasteiger partial charge in [0, 0.05) is 37.8 Å². The minimum Gasteiger partial charge on any atom is -0.312 e. The first kappa shape index (κ1) is 12.4. The van der Waals surface area contributed by atoms with E-state index in [1.54, 1.807) is 0 Å². The summed E-state index contributed by atoms with van der Waals surface area (Å²) in [7, 11) is 0. The molecule has 1 aromatic heterocycles. The van der Waals surface area contributed by atoms with Gasteiger partial charge in [0.2, 0.25) is 0 Å². The van der Waals surface area contributed by atoms with Crippen LogP contribution in [0.5, 0.6) is 0 Å². The van der Waals surface area contributed by atoms with Gasteiger partial charge in [0.25, 0.3) is 0 Å². The molecular weight excluding hydrogens is 236 g/mol. The van der Waals surface area contributed by atoms with Gasteiger partial charge in [-0.05, 0) is 12.5 Å². The topological polar surface area (TPSA) is 44.0 Å². The number of aromatic amines is 1. The smallest absolute Gasteiger partial charge is 0.0695 e. The van der Waals surface area contributed by atoms with Crippen molar-refractivity contribution in [2.24, 2.45) is 0 Å². The van der Waals surface area contributed by atoms with E-state index in [1.807, 2.05) is 12.3 Å². The number of aromatic nitrogens is 2. The number of rotatable bonds is 3. The highest BCUT2D eigenvalue weighted by Gasteiger charge is 2.17. The van der Waals surface area contributed by atoms with Crippen molar-refractivity contribution in [2.75, 3.05) is 19.6 Å². The molecule has 1 aliphatic rings. The molecule has 0 bridgehead atoms. The lowest BCUT2D eigenvalue weighted by Crippen LogP contribution is -2.48. The fraction of sp³-hybridized carbons (Fsp3) is 0.400. The SMILES string of the molecule is CC1CN(Cc2cn[nH]c2-c2ccccc2)CCN1. The Bertz CT molecular complexity index is 520. The van der Waals surface area contributed by atoms with Crippen LogP contribution >= 0.6 is 0 Å². The molecule has 2 N–H and O–H groups in total. The third-order valence-electron chi connectivity index (χ3n) is 3.63. The minimum absolute atomic E-state index is 0.570. The summed E-state index contributed by atoms with van der Waals surface area (Å²) in [5, 5.41) is 10.8. The van der Waals surface area contributed by atoms with Crippen LogP contribution in [-0.4, -0.2) is 40.8 Å². The van der Waals surface area contributed by atoms with E-state index in [0.29, 0.717) is 6.04 Å². The molecule has 0 saturated carbocycles. The van der Waals surface area contributed by atoms with Crippen LogP contribution in [-0.2, 0) is 6.54 Å². The monoisotopic (exact) mass is 256 g/mol. The molecule has 19 heavy (non-hydrogen) atoms. The second-order valence-corrected chi connectivity index (χ2v) is 5.23. The lowest BCUT2D eigenvalue weighted by Gasteiger charge is -2.31. The van der Waals surface area contributed by atoms with Gasteiger partial charge in [0.1, 0.15) is 0 Å². The van der Waals surface area contributed by atoms with Crippen molar-refractivity contribution >= 4 is 0 Å². The summed E-state index contributed by atoms with van der Waals surface area (Å²) in [5.74, 6) is 0. The Balaban J connectivity index is 1.77. The number of H-pyrrole nitrogens is 1. The molecular formula is C15H20N4. The molecule has 3 rings (SSSR count). The standard InChI is InChI=1S/C15H20N4/c1-12-10-19(8-7-16-12)11-14-9-17-18-15(14)13-5-3-2-4-6-13/h2-6,9,12,16H,7-8,10-11H2,1H3,(H,17,18). The number of hydrogen-bond donors (Lipinski definition) is 2. The van der Waals surface area contributed by atoms with E-state index in [2.05, 4.69) is 51.6 Å². The first-order valence-electron chi connectivity index (χ1n) is 6.86. The van der Waals surface area contributed by atoms with Crippen LogP contribution in [0, 0.1) is 0 Å². The summed E-state index contributed by atoms with van der Waals surface area (Å²) < 4.78 is 0. The van der Waals surface area contributed by atoms with Crippen LogP contribution < -0.4 is 5.32 Å². The Hall–Kier alpha value is -1.65. The van der Waals surface area contributed by atoms with Gasteiger partial charge in [-0.3, -0.25) is 10.00 Å². The summed E-state index contributed by atoms with van der Waals surface area (Å²) >= 11 is 0. The third kappa shape index (κ3) is 2.85. The molecule has 2 heterocycles. The molecule has 100 valence electrons. The van der Waals surface area contributed by atoms with Gasteiger partial charge < -0.3 is 5.32 Å². The van der Waals surface area contributed by atoms with Crippen molar-refractivity contribution in [1.82, 2.24) is 20.4 Å². The predicted octanol–water partition coefficient (Wildman–Crippen LogP) is 1.87. The molecule has 1 unspecified atom stereocenters. The van der Waals surface area contributed by atoms with Crippen LogP contribution in [0.1, 0.15) is 12.5 Å². The van der Waals surface area contributed by atoms with Crippen molar-refractivity contribution in [2.45, 2.75) is 19.5 Å². The Kier molecular flexibility index (Phi) is 3.62. The second kappa shape index (κ2) is 5.55. The fourth-order valence-electron chi connectivity index (χ4n) is 2.68. The number of hydrogen-bond acceptors (Lipinski definition) is 3. The van der Waals surface area contributed by atoms with Gasteiger partial charge in [-0.1, -0.05) is 30.3 Å². The van der Waals surface area contributed by atoms with Crippen molar-refractivity contribution < 1.29 is 0 Å². The van der Waals surface area contributed by atoms with Crippen molar-refractivity contribution in [3.63, 3.8) is 0 Å². The molecule has 0 radical (unpaired) electrons. The maximum Gasteiger partial charge on any atom is 0.0695 e. The summed E-state index contributed by atoms with van der Waals surface area (Å²) in [6.07, 6.45) is 1.95. The average Bonchev–Trinajstić information content (AvgIpc) is 2.88. The molecule has 4 nitrogen and oxygen atoms in total. The Morgan fingerprint density at radius 2 is 2.16 bits per heavy atom. The van der Waals surface area contributed by atoms with E-state index in [0.717, 1.165) is 31.9 Å².